The van der Waals surface area contributed by atoms with E-state index in [0.717, 1.165) is 38.2 Å². The van der Waals surface area contributed by atoms with Crippen LogP contribution in [-0.4, -0.2) is 42.5 Å². The highest BCUT2D eigenvalue weighted by Gasteiger charge is 2.43. The molecule has 3 unspecified atom stereocenters. The predicted molar refractivity (Wildman–Crippen MR) is 75.5 cm³/mol. The quantitative estimate of drug-likeness (QED) is 0.619. The average molecular weight is 294 g/mol. The van der Waals surface area contributed by atoms with Crippen LogP contribution in [0.5, 0.6) is 5.88 Å². The first-order valence-electron chi connectivity index (χ1n) is 7.30. The van der Waals surface area contributed by atoms with Gasteiger partial charge in [0.25, 0.3) is 0 Å². The van der Waals surface area contributed by atoms with Gasteiger partial charge in [-0.05, 0) is 18.8 Å². The number of nitrogens with two attached hydrogens (primary N) is 1. The average Bonchev–Trinajstić information content (AvgIpc) is 2.96. The van der Waals surface area contributed by atoms with Gasteiger partial charge >= 0.3 is 0 Å². The number of ether oxygens (including phenoxy) is 3. The lowest BCUT2D eigenvalue weighted by atomic mass is 9.80. The van der Waals surface area contributed by atoms with Crippen LogP contribution in [0.4, 0.5) is 0 Å². The summed E-state index contributed by atoms with van der Waals surface area (Å²) in [7, 11) is 1.59. The second kappa shape index (κ2) is 6.23. The highest BCUT2D eigenvalue weighted by Crippen LogP contribution is 2.40. The monoisotopic (exact) mass is 294 g/mol. The molecule has 3 N–H and O–H groups in total. The lowest BCUT2D eigenvalue weighted by molar-refractivity contribution is -0.103. The van der Waals surface area contributed by atoms with Crippen molar-refractivity contribution in [2.45, 2.75) is 30.9 Å². The van der Waals surface area contributed by atoms with E-state index in [0.29, 0.717) is 18.4 Å². The molecule has 21 heavy (non-hydrogen) atoms. The Morgan fingerprint density at radius 3 is 3.10 bits per heavy atom. The molecule has 2 saturated heterocycles. The van der Waals surface area contributed by atoms with Crippen molar-refractivity contribution >= 4 is 0 Å². The summed E-state index contributed by atoms with van der Waals surface area (Å²) in [4.78, 5) is 8.39. The maximum Gasteiger partial charge on any atom is 0.216 e. The van der Waals surface area contributed by atoms with Gasteiger partial charge in [-0.2, -0.15) is 0 Å². The first kappa shape index (κ1) is 14.6. The molecule has 3 rings (SSSR count). The normalized spacial score (nSPS) is 30.5. The van der Waals surface area contributed by atoms with E-state index in [1.165, 1.54) is 6.33 Å². The molecular formula is C14H22N4O3. The van der Waals surface area contributed by atoms with Gasteiger partial charge < -0.3 is 14.2 Å². The van der Waals surface area contributed by atoms with Gasteiger partial charge in [0.1, 0.15) is 6.33 Å². The molecule has 1 spiro atoms. The van der Waals surface area contributed by atoms with E-state index < -0.39 is 0 Å². The summed E-state index contributed by atoms with van der Waals surface area (Å²) in [6.45, 7) is 2.18. The van der Waals surface area contributed by atoms with Crippen LogP contribution in [0.25, 0.3) is 0 Å². The van der Waals surface area contributed by atoms with Gasteiger partial charge in [0.15, 0.2) is 0 Å². The zero-order valence-electron chi connectivity index (χ0n) is 12.2. The van der Waals surface area contributed by atoms with Crippen LogP contribution in [-0.2, 0) is 9.47 Å². The van der Waals surface area contributed by atoms with Crippen LogP contribution in [0, 0.1) is 5.92 Å². The van der Waals surface area contributed by atoms with E-state index in [1.807, 2.05) is 6.07 Å². The van der Waals surface area contributed by atoms with Crippen molar-refractivity contribution in [3.05, 3.63) is 18.1 Å². The van der Waals surface area contributed by atoms with Crippen LogP contribution in [0.2, 0.25) is 0 Å². The van der Waals surface area contributed by atoms with Crippen LogP contribution >= 0.6 is 0 Å². The molecule has 2 aliphatic rings. The molecule has 0 amide bonds. The summed E-state index contributed by atoms with van der Waals surface area (Å²) in [5.41, 5.74) is 3.61. The summed E-state index contributed by atoms with van der Waals surface area (Å²) in [6.07, 6.45) is 4.33. The molecule has 2 fully saturated rings. The number of hydrogen-bond acceptors (Lipinski definition) is 7. The fraction of sp³-hybridized carbons (Fsp3) is 0.714. The first-order valence-corrected chi connectivity index (χ1v) is 7.30. The maximum absolute atomic E-state index is 5.98. The van der Waals surface area contributed by atoms with E-state index in [9.17, 15) is 0 Å². The second-order valence-corrected chi connectivity index (χ2v) is 5.72. The SMILES string of the molecule is COc1cc(C(NN)C2CCOC3(CCOC3)C2)ncn1. The zero-order valence-corrected chi connectivity index (χ0v) is 12.2. The van der Waals surface area contributed by atoms with Crippen molar-refractivity contribution in [1.29, 1.82) is 0 Å². The van der Waals surface area contributed by atoms with E-state index >= 15 is 0 Å². The number of hydrogen-bond donors (Lipinski definition) is 2. The van der Waals surface area contributed by atoms with Crippen molar-refractivity contribution in [3.8, 4) is 5.88 Å². The minimum Gasteiger partial charge on any atom is -0.481 e. The smallest absolute Gasteiger partial charge is 0.216 e. The van der Waals surface area contributed by atoms with E-state index in [-0.39, 0.29) is 11.6 Å². The standard InChI is InChI=1S/C14H22N4O3/c1-19-12-6-11(16-9-17-12)13(18-15)10-2-4-21-14(7-10)3-5-20-8-14/h6,9-10,13,18H,2-5,7-8,15H2,1H3. The lowest BCUT2D eigenvalue weighted by Crippen LogP contribution is -2.45. The molecule has 3 heterocycles. The third-order valence-electron chi connectivity index (χ3n) is 4.44. The highest BCUT2D eigenvalue weighted by atomic mass is 16.6. The van der Waals surface area contributed by atoms with Crippen LogP contribution in [0.1, 0.15) is 31.0 Å². The topological polar surface area (TPSA) is 91.5 Å². The molecule has 0 bridgehead atoms. The van der Waals surface area contributed by atoms with Crippen LogP contribution in [0.15, 0.2) is 12.4 Å². The molecular weight excluding hydrogens is 272 g/mol. The van der Waals surface area contributed by atoms with Gasteiger partial charge in [-0.15, -0.1) is 0 Å². The number of methoxy groups -OCH3 is 1. The van der Waals surface area contributed by atoms with Gasteiger partial charge in [0.05, 0.1) is 31.1 Å². The minimum absolute atomic E-state index is 0.0386. The highest BCUT2D eigenvalue weighted by molar-refractivity contribution is 5.17. The van der Waals surface area contributed by atoms with E-state index in [2.05, 4.69) is 15.4 Å². The molecule has 0 saturated carbocycles. The minimum atomic E-state index is -0.144. The van der Waals surface area contributed by atoms with Crippen molar-refractivity contribution in [2.24, 2.45) is 11.8 Å². The number of nitrogens with one attached hydrogen (secondary N) is 1. The Hall–Kier alpha value is -1.28. The first-order chi connectivity index (χ1) is 10.3. The Morgan fingerprint density at radius 2 is 2.38 bits per heavy atom. The number of aromatic nitrogens is 2. The number of nitrogens with zero attached hydrogens (tertiary/aromatic N) is 2. The molecule has 0 aromatic carbocycles. The van der Waals surface area contributed by atoms with E-state index in [4.69, 9.17) is 20.1 Å². The molecule has 1 aromatic rings. The van der Waals surface area contributed by atoms with Crippen molar-refractivity contribution < 1.29 is 14.2 Å². The van der Waals surface area contributed by atoms with E-state index in [1.54, 1.807) is 7.11 Å². The van der Waals surface area contributed by atoms with Gasteiger partial charge in [0, 0.05) is 25.7 Å². The van der Waals surface area contributed by atoms with Gasteiger partial charge in [-0.25, -0.2) is 9.97 Å². The summed E-state index contributed by atoms with van der Waals surface area (Å²) in [5.74, 6) is 6.69. The summed E-state index contributed by atoms with van der Waals surface area (Å²) < 4.78 is 16.7. The fourth-order valence-electron chi connectivity index (χ4n) is 3.31. The summed E-state index contributed by atoms with van der Waals surface area (Å²) >= 11 is 0. The summed E-state index contributed by atoms with van der Waals surface area (Å²) in [5, 5.41) is 0. The molecule has 0 radical (unpaired) electrons. The Bertz CT molecular complexity index is 479. The Labute approximate surface area is 124 Å². The molecule has 0 aliphatic carbocycles. The molecule has 7 nitrogen and oxygen atoms in total. The second-order valence-electron chi connectivity index (χ2n) is 5.72. The van der Waals surface area contributed by atoms with Crippen LogP contribution < -0.4 is 16.0 Å². The predicted octanol–water partition coefficient (Wildman–Crippen LogP) is 0.575. The molecule has 116 valence electrons. The van der Waals surface area contributed by atoms with Crippen molar-refractivity contribution in [2.75, 3.05) is 26.9 Å². The fourth-order valence-corrected chi connectivity index (χ4v) is 3.31. The maximum atomic E-state index is 5.98. The van der Waals surface area contributed by atoms with Crippen molar-refractivity contribution in [3.63, 3.8) is 0 Å². The molecule has 3 atom stereocenters. The van der Waals surface area contributed by atoms with Gasteiger partial charge in [-0.1, -0.05) is 0 Å². The van der Waals surface area contributed by atoms with Crippen molar-refractivity contribution in [1.82, 2.24) is 15.4 Å². The Balaban J connectivity index is 1.78. The Kier molecular flexibility index (Phi) is 4.34. The third kappa shape index (κ3) is 3.01. The number of hydrazine groups is 1. The lowest BCUT2D eigenvalue weighted by Gasteiger charge is -2.40. The third-order valence-corrected chi connectivity index (χ3v) is 4.44. The molecule has 7 heteroatoms. The largest absolute Gasteiger partial charge is 0.481 e. The van der Waals surface area contributed by atoms with Crippen LogP contribution in [0.3, 0.4) is 0 Å². The summed E-state index contributed by atoms with van der Waals surface area (Å²) in [6, 6.07) is 1.79. The Morgan fingerprint density at radius 1 is 1.48 bits per heavy atom. The number of rotatable bonds is 4. The zero-order chi connectivity index (χ0) is 14.7. The van der Waals surface area contributed by atoms with Gasteiger partial charge in [0.2, 0.25) is 5.88 Å². The van der Waals surface area contributed by atoms with Gasteiger partial charge in [-0.3, -0.25) is 11.3 Å². The molecule has 2 aliphatic heterocycles. The molecule has 1 aromatic heterocycles.